The molecule has 2 saturated heterocycles. The first-order valence-electron chi connectivity index (χ1n) is 17.0. The Morgan fingerprint density at radius 3 is 2.48 bits per heavy atom. The quantitative estimate of drug-likeness (QED) is 0.174. The Labute approximate surface area is 282 Å². The number of benzene rings is 1. The number of aldehydes is 1. The maximum Gasteiger partial charge on any atom is 0.304 e. The molecule has 0 radical (unpaired) electrons. The maximum atomic E-state index is 12.7. The highest BCUT2D eigenvalue weighted by atomic mass is 16.4. The fourth-order valence-electron chi connectivity index (χ4n) is 6.88. The van der Waals surface area contributed by atoms with Crippen LogP contribution >= 0.6 is 0 Å². The number of anilines is 1. The fraction of sp³-hybridized carbons (Fsp3) is 0.528. The van der Waals surface area contributed by atoms with Gasteiger partial charge in [0.1, 0.15) is 6.29 Å². The van der Waals surface area contributed by atoms with E-state index in [-0.39, 0.29) is 23.8 Å². The van der Waals surface area contributed by atoms with Gasteiger partial charge in [0.15, 0.2) is 0 Å². The summed E-state index contributed by atoms with van der Waals surface area (Å²) in [6, 6.07) is 13.6. The summed E-state index contributed by atoms with van der Waals surface area (Å²) in [4.78, 5) is 56.6. The van der Waals surface area contributed by atoms with E-state index in [0.717, 1.165) is 72.7 Å². The van der Waals surface area contributed by atoms with Crippen LogP contribution in [0.15, 0.2) is 47.3 Å². The van der Waals surface area contributed by atoms with Crippen molar-refractivity contribution in [3.8, 4) is 5.69 Å². The van der Waals surface area contributed by atoms with Gasteiger partial charge in [0.05, 0.1) is 17.8 Å². The Hall–Kier alpha value is -4.29. The predicted molar refractivity (Wildman–Crippen MR) is 187 cm³/mol. The number of aromatic nitrogens is 3. The summed E-state index contributed by atoms with van der Waals surface area (Å²) >= 11 is 0. The first-order valence-corrected chi connectivity index (χ1v) is 17.0. The lowest BCUT2D eigenvalue weighted by Gasteiger charge is -2.37. The number of unbranched alkanes of at least 4 members (excludes halogenated alkanes) is 1. The van der Waals surface area contributed by atoms with Crippen LogP contribution in [0.5, 0.6) is 0 Å². The van der Waals surface area contributed by atoms with E-state index in [4.69, 9.17) is 5.10 Å². The molecule has 2 aliphatic heterocycles. The lowest BCUT2D eigenvalue weighted by Crippen LogP contribution is -2.48. The monoisotopic (exact) mass is 661 g/mol. The fourth-order valence-corrected chi connectivity index (χ4v) is 6.88. The van der Waals surface area contributed by atoms with Crippen molar-refractivity contribution in [2.24, 2.45) is 11.7 Å². The SMILES string of the molecule is CN.Cc1cc(C)n(-c2cc(C(CC(=O)O)CN3CCC(CCc4cccc(=O)[nH]4)C3)cc(N3CCN(C(=O)CCCC=O)CC3)c2)n1. The summed E-state index contributed by atoms with van der Waals surface area (Å²) in [5.41, 5.74) is 10.2. The van der Waals surface area contributed by atoms with E-state index < -0.39 is 5.97 Å². The molecule has 0 bridgehead atoms. The predicted octanol–water partition coefficient (Wildman–Crippen LogP) is 3.28. The highest BCUT2D eigenvalue weighted by Crippen LogP contribution is 2.32. The van der Waals surface area contributed by atoms with Gasteiger partial charge in [-0.1, -0.05) is 6.07 Å². The van der Waals surface area contributed by atoms with Crippen molar-refractivity contribution in [3.63, 3.8) is 0 Å². The molecule has 2 unspecified atom stereocenters. The second-order valence-corrected chi connectivity index (χ2v) is 12.8. The van der Waals surface area contributed by atoms with Crippen molar-refractivity contribution in [2.45, 2.75) is 64.7 Å². The molecule has 1 amide bonds. The Bertz CT molecular complexity index is 1580. The average molecular weight is 662 g/mol. The number of carboxylic acids is 1. The second kappa shape index (κ2) is 17.7. The van der Waals surface area contributed by atoms with Crippen molar-refractivity contribution in [1.29, 1.82) is 0 Å². The number of nitrogens with one attached hydrogen (secondary N) is 1. The van der Waals surface area contributed by atoms with Crippen LogP contribution in [0.25, 0.3) is 5.69 Å². The van der Waals surface area contributed by atoms with Crippen LogP contribution in [0.4, 0.5) is 5.69 Å². The molecule has 4 heterocycles. The number of nitrogens with two attached hydrogens (primary N) is 1. The zero-order chi connectivity index (χ0) is 34.6. The molecule has 12 nitrogen and oxygen atoms in total. The number of amides is 1. The van der Waals surface area contributed by atoms with Gasteiger partial charge in [-0.05, 0) is 94.9 Å². The molecule has 48 heavy (non-hydrogen) atoms. The van der Waals surface area contributed by atoms with Crippen LogP contribution in [0.3, 0.4) is 0 Å². The number of nitrogens with zero attached hydrogens (tertiary/aromatic N) is 5. The molecule has 2 atom stereocenters. The van der Waals surface area contributed by atoms with Gasteiger partial charge >= 0.3 is 5.97 Å². The molecule has 0 spiro atoms. The van der Waals surface area contributed by atoms with Gasteiger partial charge in [0, 0.05) is 81.2 Å². The number of hydrogen-bond donors (Lipinski definition) is 3. The number of aromatic amines is 1. The molecule has 4 N–H and O–H groups in total. The summed E-state index contributed by atoms with van der Waals surface area (Å²) in [6.07, 6.45) is 5.08. The first-order chi connectivity index (χ1) is 23.2. The van der Waals surface area contributed by atoms with E-state index in [1.165, 1.54) is 13.1 Å². The first kappa shape index (κ1) is 36.5. The third-order valence-electron chi connectivity index (χ3n) is 9.28. The van der Waals surface area contributed by atoms with E-state index in [9.17, 15) is 24.3 Å². The third kappa shape index (κ3) is 10.1. The van der Waals surface area contributed by atoms with Crippen LogP contribution in [0.2, 0.25) is 0 Å². The minimum Gasteiger partial charge on any atom is -0.481 e. The number of hydrogen-bond acceptors (Lipinski definition) is 8. The number of rotatable bonds is 14. The molecule has 0 aliphatic carbocycles. The van der Waals surface area contributed by atoms with Crippen LogP contribution in [0.1, 0.15) is 67.1 Å². The number of aryl methyl sites for hydroxylation is 3. The lowest BCUT2D eigenvalue weighted by atomic mass is 9.93. The molecule has 2 aromatic heterocycles. The Morgan fingerprint density at radius 2 is 1.81 bits per heavy atom. The minimum absolute atomic E-state index is 0.0233. The number of carbonyl (C=O) groups excluding carboxylic acids is 2. The van der Waals surface area contributed by atoms with E-state index >= 15 is 0 Å². The summed E-state index contributed by atoms with van der Waals surface area (Å²) in [5, 5.41) is 14.7. The summed E-state index contributed by atoms with van der Waals surface area (Å²) in [5.74, 6) is -0.462. The molecule has 5 rings (SSSR count). The Kier molecular flexibility index (Phi) is 13.5. The van der Waals surface area contributed by atoms with Gasteiger partial charge in [-0.25, -0.2) is 4.68 Å². The number of carboxylic acid groups (broad SMARTS) is 1. The summed E-state index contributed by atoms with van der Waals surface area (Å²) in [7, 11) is 1.50. The summed E-state index contributed by atoms with van der Waals surface area (Å²) in [6.45, 7) is 8.99. The molecular weight excluding hydrogens is 610 g/mol. The zero-order valence-electron chi connectivity index (χ0n) is 28.6. The van der Waals surface area contributed by atoms with Crippen molar-refractivity contribution in [2.75, 3.05) is 57.8 Å². The number of H-pyrrole nitrogens is 1. The molecule has 260 valence electrons. The molecule has 2 fully saturated rings. The van der Waals surface area contributed by atoms with Crippen molar-refractivity contribution >= 4 is 23.9 Å². The summed E-state index contributed by atoms with van der Waals surface area (Å²) < 4.78 is 1.92. The van der Waals surface area contributed by atoms with Gasteiger partial charge in [-0.2, -0.15) is 5.10 Å². The van der Waals surface area contributed by atoms with Crippen LogP contribution in [-0.4, -0.2) is 101 Å². The third-order valence-corrected chi connectivity index (χ3v) is 9.28. The van der Waals surface area contributed by atoms with Gasteiger partial charge in [-0.3, -0.25) is 14.4 Å². The van der Waals surface area contributed by atoms with Crippen molar-refractivity contribution in [3.05, 3.63) is 75.5 Å². The van der Waals surface area contributed by atoms with Crippen LogP contribution in [0, 0.1) is 19.8 Å². The second-order valence-electron chi connectivity index (χ2n) is 12.8. The Morgan fingerprint density at radius 1 is 1.06 bits per heavy atom. The number of pyridine rings is 1. The van der Waals surface area contributed by atoms with Gasteiger partial charge < -0.3 is 35.3 Å². The van der Waals surface area contributed by atoms with Gasteiger partial charge in [0.2, 0.25) is 11.5 Å². The Balaban J connectivity index is 0.00000255. The smallest absolute Gasteiger partial charge is 0.304 e. The molecular formula is C36H51N7O5. The van der Waals surface area contributed by atoms with Crippen molar-refractivity contribution in [1.82, 2.24) is 24.6 Å². The number of carbonyl (C=O) groups is 3. The molecule has 2 aliphatic rings. The number of likely N-dealkylation sites (tertiary alicyclic amines) is 1. The zero-order valence-corrected chi connectivity index (χ0v) is 28.6. The molecule has 12 heteroatoms. The highest BCUT2D eigenvalue weighted by molar-refractivity contribution is 5.77. The van der Waals surface area contributed by atoms with E-state index in [1.54, 1.807) is 6.07 Å². The largest absolute Gasteiger partial charge is 0.481 e. The van der Waals surface area contributed by atoms with E-state index in [2.05, 4.69) is 38.7 Å². The lowest BCUT2D eigenvalue weighted by molar-refractivity contribution is -0.137. The van der Waals surface area contributed by atoms with E-state index in [0.29, 0.717) is 57.9 Å². The standard InChI is InChI=1S/C35H46N6O5.CH5N/c1-25-18-26(2)41(37-25)32-20-28(19-31(22-32)39-13-15-40(16-14-39)34(44)8-3-4-17-42)29(21-35(45)46)24-38-12-11-27(23-38)9-10-30-6-5-7-33(43)36-30;1-2/h5-7,17-20,22,27,29H,3-4,8-16,21,23-24H2,1-2H3,(H,36,43)(H,45,46);2H2,1H3. The minimum atomic E-state index is -0.825. The van der Waals surface area contributed by atoms with Crippen LogP contribution in [-0.2, 0) is 20.8 Å². The average Bonchev–Trinajstić information content (AvgIpc) is 3.68. The molecule has 3 aromatic rings. The van der Waals surface area contributed by atoms with Gasteiger partial charge in [0.25, 0.3) is 0 Å². The maximum absolute atomic E-state index is 12.7. The number of piperazine rings is 1. The number of aliphatic carboxylic acids is 1. The van der Waals surface area contributed by atoms with Crippen LogP contribution < -0.4 is 16.2 Å². The van der Waals surface area contributed by atoms with Gasteiger partial charge in [-0.15, -0.1) is 0 Å². The molecule has 0 saturated carbocycles. The highest BCUT2D eigenvalue weighted by Gasteiger charge is 2.28. The normalized spacial score (nSPS) is 17.1. The van der Waals surface area contributed by atoms with Crippen molar-refractivity contribution < 1.29 is 19.5 Å². The topological polar surface area (TPSA) is 158 Å². The van der Waals surface area contributed by atoms with E-state index in [1.807, 2.05) is 35.6 Å². The molecule has 1 aromatic carbocycles.